The molecule has 0 aliphatic carbocycles. The predicted molar refractivity (Wildman–Crippen MR) is 97.5 cm³/mol. The van der Waals surface area contributed by atoms with E-state index in [-0.39, 0.29) is 11.9 Å². The fraction of sp³-hybridized carbons (Fsp3) is 0.222. The zero-order valence-corrected chi connectivity index (χ0v) is 14.9. The molecular weight excluding hydrogens is 345 g/mol. The number of carbonyl (C=O) groups is 1. The molecule has 1 amide bonds. The maximum atomic E-state index is 11.4. The van der Waals surface area contributed by atoms with Crippen LogP contribution in [0.4, 0.5) is 0 Å². The molecule has 0 radical (unpaired) electrons. The van der Waals surface area contributed by atoms with Crippen LogP contribution in [0.15, 0.2) is 42.5 Å². The highest BCUT2D eigenvalue weighted by Gasteiger charge is 2.18. The lowest BCUT2D eigenvalue weighted by Crippen LogP contribution is -2.26. The van der Waals surface area contributed by atoms with Crippen molar-refractivity contribution in [1.82, 2.24) is 14.9 Å². The van der Waals surface area contributed by atoms with E-state index in [9.17, 15) is 4.79 Å². The number of aromatic nitrogens is 2. The zero-order valence-electron chi connectivity index (χ0n) is 13.4. The first kappa shape index (κ1) is 16.8. The monoisotopic (exact) mass is 361 g/mol. The van der Waals surface area contributed by atoms with Gasteiger partial charge in [0.25, 0.3) is 0 Å². The van der Waals surface area contributed by atoms with Crippen LogP contribution < -0.4 is 5.32 Å². The number of para-hydroxylation sites is 2. The highest BCUT2D eigenvalue weighted by Crippen LogP contribution is 2.26. The van der Waals surface area contributed by atoms with Gasteiger partial charge in [0.15, 0.2) is 0 Å². The van der Waals surface area contributed by atoms with E-state index in [2.05, 4.69) is 14.9 Å². The number of halogens is 2. The molecule has 0 bridgehead atoms. The fourth-order valence-electron chi connectivity index (χ4n) is 2.78. The number of fused-ring (bicyclic) bond motifs is 1. The van der Waals surface area contributed by atoms with E-state index < -0.39 is 0 Å². The molecule has 1 aromatic heterocycles. The first-order valence-electron chi connectivity index (χ1n) is 7.62. The van der Waals surface area contributed by atoms with Crippen molar-refractivity contribution in [3.8, 4) is 0 Å². The average molecular weight is 362 g/mol. The summed E-state index contributed by atoms with van der Waals surface area (Å²) in [6.07, 6.45) is 0. The number of hydrogen-bond donors (Lipinski definition) is 1. The molecule has 6 heteroatoms. The van der Waals surface area contributed by atoms with E-state index in [1.807, 2.05) is 43.3 Å². The molecule has 2 aromatic carbocycles. The zero-order chi connectivity index (χ0) is 17.3. The molecule has 24 heavy (non-hydrogen) atoms. The minimum Gasteiger partial charge on any atom is -0.347 e. The van der Waals surface area contributed by atoms with Crippen molar-refractivity contribution in [2.24, 2.45) is 0 Å². The molecule has 0 aliphatic heterocycles. The van der Waals surface area contributed by atoms with Crippen LogP contribution in [0, 0.1) is 0 Å². The van der Waals surface area contributed by atoms with Gasteiger partial charge in [0.05, 0.1) is 23.6 Å². The number of imidazole rings is 1. The highest BCUT2D eigenvalue weighted by atomic mass is 35.5. The first-order valence-corrected chi connectivity index (χ1v) is 8.37. The second kappa shape index (κ2) is 6.83. The van der Waals surface area contributed by atoms with Gasteiger partial charge in [0.2, 0.25) is 5.91 Å². The second-order valence-electron chi connectivity index (χ2n) is 5.70. The predicted octanol–water partition coefficient (Wildman–Crippen LogP) is 4.59. The van der Waals surface area contributed by atoms with Crippen molar-refractivity contribution < 1.29 is 4.79 Å². The van der Waals surface area contributed by atoms with Gasteiger partial charge in [-0.1, -0.05) is 41.4 Å². The van der Waals surface area contributed by atoms with Crippen molar-refractivity contribution in [1.29, 1.82) is 0 Å². The summed E-state index contributed by atoms with van der Waals surface area (Å²) in [5.74, 6) is 0.697. The molecule has 124 valence electrons. The number of nitrogens with one attached hydrogen (secondary N) is 1. The van der Waals surface area contributed by atoms with E-state index in [4.69, 9.17) is 23.2 Å². The van der Waals surface area contributed by atoms with Crippen molar-refractivity contribution in [2.45, 2.75) is 26.4 Å². The summed E-state index contributed by atoms with van der Waals surface area (Å²) in [6.45, 7) is 3.97. The Kier molecular flexibility index (Phi) is 4.78. The molecule has 4 nitrogen and oxygen atoms in total. The number of benzene rings is 2. The standard InChI is InChI=1S/C18H17Cl2N3O/c1-11(21-12(2)24)18-22-16-5-3-4-6-17(16)23(18)10-13-7-8-14(19)9-15(13)20/h3-9,11H,10H2,1-2H3,(H,21,24). The number of hydrogen-bond acceptors (Lipinski definition) is 2. The average Bonchev–Trinajstić information content (AvgIpc) is 2.88. The molecule has 1 unspecified atom stereocenters. The fourth-order valence-corrected chi connectivity index (χ4v) is 3.25. The van der Waals surface area contributed by atoms with E-state index >= 15 is 0 Å². The molecule has 1 heterocycles. The third-order valence-corrected chi connectivity index (χ3v) is 4.42. The smallest absolute Gasteiger partial charge is 0.217 e. The highest BCUT2D eigenvalue weighted by molar-refractivity contribution is 6.35. The Morgan fingerprint density at radius 1 is 1.25 bits per heavy atom. The Morgan fingerprint density at radius 2 is 2.00 bits per heavy atom. The Labute approximate surface area is 150 Å². The van der Waals surface area contributed by atoms with Gasteiger partial charge in [-0.2, -0.15) is 0 Å². The summed E-state index contributed by atoms with van der Waals surface area (Å²) in [4.78, 5) is 16.1. The number of carbonyl (C=O) groups excluding carboxylic acids is 1. The summed E-state index contributed by atoms with van der Waals surface area (Å²) in [6, 6.07) is 13.1. The van der Waals surface area contributed by atoms with E-state index in [1.54, 1.807) is 6.07 Å². The third kappa shape index (κ3) is 3.40. The van der Waals surface area contributed by atoms with Crippen molar-refractivity contribution >= 4 is 40.1 Å². The Bertz CT molecular complexity index is 904. The van der Waals surface area contributed by atoms with E-state index in [0.29, 0.717) is 16.6 Å². The van der Waals surface area contributed by atoms with Crippen LogP contribution in [-0.2, 0) is 11.3 Å². The summed E-state index contributed by atoms with van der Waals surface area (Å²) in [5, 5.41) is 4.11. The topological polar surface area (TPSA) is 46.9 Å². The van der Waals surface area contributed by atoms with Crippen LogP contribution in [0.25, 0.3) is 11.0 Å². The van der Waals surface area contributed by atoms with E-state index in [0.717, 1.165) is 22.4 Å². The largest absolute Gasteiger partial charge is 0.347 e. The Morgan fingerprint density at radius 3 is 2.71 bits per heavy atom. The maximum Gasteiger partial charge on any atom is 0.217 e. The van der Waals surface area contributed by atoms with Crippen molar-refractivity contribution in [2.75, 3.05) is 0 Å². The molecule has 0 spiro atoms. The number of amides is 1. The summed E-state index contributed by atoms with van der Waals surface area (Å²) < 4.78 is 2.07. The van der Waals surface area contributed by atoms with Gasteiger partial charge in [0.1, 0.15) is 5.82 Å². The molecule has 0 saturated carbocycles. The molecule has 0 aliphatic rings. The quantitative estimate of drug-likeness (QED) is 0.738. The molecule has 3 aromatic rings. The molecule has 0 saturated heterocycles. The van der Waals surface area contributed by atoms with Gasteiger partial charge in [-0.05, 0) is 36.8 Å². The minimum absolute atomic E-state index is 0.0920. The maximum absolute atomic E-state index is 11.4. The third-order valence-electron chi connectivity index (χ3n) is 3.83. The second-order valence-corrected chi connectivity index (χ2v) is 6.55. The van der Waals surface area contributed by atoms with Crippen molar-refractivity contribution in [3.63, 3.8) is 0 Å². The number of nitrogens with zero attached hydrogens (tertiary/aromatic N) is 2. The molecule has 1 atom stereocenters. The van der Waals surface area contributed by atoms with Crippen LogP contribution in [0.2, 0.25) is 10.0 Å². The molecule has 3 rings (SSSR count). The molecule has 1 N–H and O–H groups in total. The van der Waals surface area contributed by atoms with Crippen LogP contribution in [0.5, 0.6) is 0 Å². The first-order chi connectivity index (χ1) is 11.5. The van der Waals surface area contributed by atoms with Crippen LogP contribution in [-0.4, -0.2) is 15.5 Å². The van der Waals surface area contributed by atoms with Gasteiger partial charge in [-0.25, -0.2) is 4.98 Å². The summed E-state index contributed by atoms with van der Waals surface area (Å²) in [7, 11) is 0. The normalized spacial score (nSPS) is 12.3. The van der Waals surface area contributed by atoms with Crippen LogP contribution in [0.1, 0.15) is 31.3 Å². The minimum atomic E-state index is -0.207. The lowest BCUT2D eigenvalue weighted by molar-refractivity contribution is -0.119. The van der Waals surface area contributed by atoms with Gasteiger partial charge >= 0.3 is 0 Å². The van der Waals surface area contributed by atoms with Gasteiger partial charge in [-0.3, -0.25) is 4.79 Å². The SMILES string of the molecule is CC(=O)NC(C)c1nc2ccccc2n1Cc1ccc(Cl)cc1Cl. The van der Waals surface area contributed by atoms with Crippen LogP contribution >= 0.6 is 23.2 Å². The van der Waals surface area contributed by atoms with Gasteiger partial charge in [0, 0.05) is 17.0 Å². The Hall–Kier alpha value is -2.04. The molecular formula is C18H17Cl2N3O. The Balaban J connectivity index is 2.08. The lowest BCUT2D eigenvalue weighted by Gasteiger charge is -2.16. The van der Waals surface area contributed by atoms with E-state index in [1.165, 1.54) is 6.92 Å². The molecule has 0 fully saturated rings. The lowest BCUT2D eigenvalue weighted by atomic mass is 10.2. The van der Waals surface area contributed by atoms with Gasteiger partial charge < -0.3 is 9.88 Å². The van der Waals surface area contributed by atoms with Crippen LogP contribution in [0.3, 0.4) is 0 Å². The van der Waals surface area contributed by atoms with Gasteiger partial charge in [-0.15, -0.1) is 0 Å². The summed E-state index contributed by atoms with van der Waals surface area (Å²) >= 11 is 12.3. The number of rotatable bonds is 4. The van der Waals surface area contributed by atoms with Crippen molar-refractivity contribution in [3.05, 3.63) is 63.9 Å². The summed E-state index contributed by atoms with van der Waals surface area (Å²) in [5.41, 5.74) is 2.83.